The summed E-state index contributed by atoms with van der Waals surface area (Å²) < 4.78 is 5.60. The van der Waals surface area contributed by atoms with E-state index in [-0.39, 0.29) is 0 Å². The Morgan fingerprint density at radius 1 is 1.57 bits per heavy atom. The SMILES string of the molecule is CCC(C)CC(CC1CCCO1)NN. The van der Waals surface area contributed by atoms with Gasteiger partial charge in [0.25, 0.3) is 0 Å². The third kappa shape index (κ3) is 3.95. The summed E-state index contributed by atoms with van der Waals surface area (Å²) in [4.78, 5) is 0. The van der Waals surface area contributed by atoms with Crippen LogP contribution in [0.1, 0.15) is 46.0 Å². The summed E-state index contributed by atoms with van der Waals surface area (Å²) in [6.45, 7) is 5.44. The fourth-order valence-corrected chi connectivity index (χ4v) is 2.03. The van der Waals surface area contributed by atoms with E-state index in [1.54, 1.807) is 0 Å². The van der Waals surface area contributed by atoms with E-state index >= 15 is 0 Å². The second-order valence-electron chi connectivity index (χ2n) is 4.48. The molecule has 1 aliphatic rings. The van der Waals surface area contributed by atoms with Crippen LogP contribution in [0.4, 0.5) is 0 Å². The average Bonchev–Trinajstić information content (AvgIpc) is 2.69. The number of hydrazine groups is 1. The smallest absolute Gasteiger partial charge is 0.0591 e. The largest absolute Gasteiger partial charge is 0.378 e. The van der Waals surface area contributed by atoms with Crippen molar-refractivity contribution in [2.24, 2.45) is 11.8 Å². The molecule has 0 bridgehead atoms. The van der Waals surface area contributed by atoms with Crippen molar-refractivity contribution in [2.75, 3.05) is 6.61 Å². The highest BCUT2D eigenvalue weighted by Gasteiger charge is 2.20. The van der Waals surface area contributed by atoms with Crippen LogP contribution >= 0.6 is 0 Å². The van der Waals surface area contributed by atoms with Gasteiger partial charge in [-0.25, -0.2) is 0 Å². The van der Waals surface area contributed by atoms with E-state index in [1.165, 1.54) is 19.3 Å². The van der Waals surface area contributed by atoms with Gasteiger partial charge in [-0.05, 0) is 31.6 Å². The standard InChI is InChI=1S/C11H24N2O/c1-3-9(2)7-10(13-12)8-11-5-4-6-14-11/h9-11,13H,3-8,12H2,1-2H3. The Kier molecular flexibility index (Phi) is 5.45. The van der Waals surface area contributed by atoms with Crippen LogP contribution in [0.15, 0.2) is 0 Å². The molecule has 1 fully saturated rings. The lowest BCUT2D eigenvalue weighted by atomic mass is 9.95. The van der Waals surface area contributed by atoms with E-state index in [4.69, 9.17) is 10.6 Å². The van der Waals surface area contributed by atoms with Gasteiger partial charge in [0.2, 0.25) is 0 Å². The molecular formula is C11H24N2O. The topological polar surface area (TPSA) is 47.3 Å². The first-order valence-corrected chi connectivity index (χ1v) is 5.84. The van der Waals surface area contributed by atoms with Crippen molar-refractivity contribution >= 4 is 0 Å². The minimum Gasteiger partial charge on any atom is -0.378 e. The molecule has 1 rings (SSSR count). The first-order chi connectivity index (χ1) is 6.76. The van der Waals surface area contributed by atoms with Gasteiger partial charge in [-0.2, -0.15) is 0 Å². The second kappa shape index (κ2) is 6.38. The first kappa shape index (κ1) is 12.0. The van der Waals surface area contributed by atoms with Crippen molar-refractivity contribution in [3.8, 4) is 0 Å². The van der Waals surface area contributed by atoms with Gasteiger partial charge in [0.1, 0.15) is 0 Å². The molecule has 84 valence electrons. The van der Waals surface area contributed by atoms with Crippen molar-refractivity contribution < 1.29 is 4.74 Å². The molecule has 3 heteroatoms. The van der Waals surface area contributed by atoms with Crippen LogP contribution in [0, 0.1) is 5.92 Å². The minimum absolute atomic E-state index is 0.424. The van der Waals surface area contributed by atoms with Crippen molar-refractivity contribution in [2.45, 2.75) is 58.1 Å². The lowest BCUT2D eigenvalue weighted by Gasteiger charge is -2.22. The maximum absolute atomic E-state index is 5.60. The number of ether oxygens (including phenoxy) is 1. The molecule has 0 aromatic carbocycles. The summed E-state index contributed by atoms with van der Waals surface area (Å²) in [5, 5.41) is 0. The zero-order valence-electron chi connectivity index (χ0n) is 9.46. The zero-order chi connectivity index (χ0) is 10.4. The zero-order valence-corrected chi connectivity index (χ0v) is 9.46. The number of nitrogens with one attached hydrogen (secondary N) is 1. The molecular weight excluding hydrogens is 176 g/mol. The number of nitrogens with two attached hydrogens (primary N) is 1. The van der Waals surface area contributed by atoms with Crippen LogP contribution in [-0.4, -0.2) is 18.8 Å². The minimum atomic E-state index is 0.424. The molecule has 1 aliphatic heterocycles. The quantitative estimate of drug-likeness (QED) is 0.508. The summed E-state index contributed by atoms with van der Waals surface area (Å²) >= 11 is 0. The summed E-state index contributed by atoms with van der Waals surface area (Å²) in [6.07, 6.45) is 6.32. The molecule has 0 aromatic rings. The van der Waals surface area contributed by atoms with Gasteiger partial charge in [0.15, 0.2) is 0 Å². The molecule has 1 saturated heterocycles. The molecule has 3 N–H and O–H groups in total. The fourth-order valence-electron chi connectivity index (χ4n) is 2.03. The molecule has 0 aliphatic carbocycles. The molecule has 0 radical (unpaired) electrons. The third-order valence-electron chi connectivity index (χ3n) is 3.19. The van der Waals surface area contributed by atoms with E-state index in [0.717, 1.165) is 25.4 Å². The number of hydrogen-bond acceptors (Lipinski definition) is 3. The summed E-state index contributed by atoms with van der Waals surface area (Å²) in [5.41, 5.74) is 2.91. The van der Waals surface area contributed by atoms with Crippen molar-refractivity contribution in [1.82, 2.24) is 5.43 Å². The van der Waals surface area contributed by atoms with Crippen LogP contribution in [0.2, 0.25) is 0 Å². The fraction of sp³-hybridized carbons (Fsp3) is 1.00. The van der Waals surface area contributed by atoms with Crippen molar-refractivity contribution in [3.63, 3.8) is 0 Å². The van der Waals surface area contributed by atoms with Crippen LogP contribution in [0.25, 0.3) is 0 Å². The predicted molar refractivity (Wildman–Crippen MR) is 58.8 cm³/mol. The molecule has 3 unspecified atom stereocenters. The highest BCUT2D eigenvalue weighted by molar-refractivity contribution is 4.75. The lowest BCUT2D eigenvalue weighted by molar-refractivity contribution is 0.0917. The molecule has 0 amide bonds. The number of hydrogen-bond donors (Lipinski definition) is 2. The summed E-state index contributed by atoms with van der Waals surface area (Å²) in [6, 6.07) is 0.424. The Balaban J connectivity index is 2.22. The number of rotatable bonds is 6. The average molecular weight is 200 g/mol. The Morgan fingerprint density at radius 3 is 2.86 bits per heavy atom. The Morgan fingerprint density at radius 2 is 2.36 bits per heavy atom. The monoisotopic (exact) mass is 200 g/mol. The van der Waals surface area contributed by atoms with E-state index in [1.807, 2.05) is 0 Å². The Labute approximate surface area is 87.4 Å². The lowest BCUT2D eigenvalue weighted by Crippen LogP contribution is -2.38. The highest BCUT2D eigenvalue weighted by Crippen LogP contribution is 2.20. The maximum atomic E-state index is 5.60. The molecule has 3 nitrogen and oxygen atoms in total. The molecule has 0 spiro atoms. The first-order valence-electron chi connectivity index (χ1n) is 5.84. The highest BCUT2D eigenvalue weighted by atomic mass is 16.5. The maximum Gasteiger partial charge on any atom is 0.0591 e. The van der Waals surface area contributed by atoms with Gasteiger partial charge in [-0.3, -0.25) is 11.3 Å². The van der Waals surface area contributed by atoms with E-state index in [9.17, 15) is 0 Å². The Hall–Kier alpha value is -0.120. The summed E-state index contributed by atoms with van der Waals surface area (Å²) in [5.74, 6) is 6.30. The predicted octanol–water partition coefficient (Wildman–Crippen LogP) is 1.82. The van der Waals surface area contributed by atoms with E-state index < -0.39 is 0 Å². The molecule has 0 aromatic heterocycles. The third-order valence-corrected chi connectivity index (χ3v) is 3.19. The van der Waals surface area contributed by atoms with Gasteiger partial charge in [0, 0.05) is 12.6 Å². The van der Waals surface area contributed by atoms with Crippen LogP contribution in [0.3, 0.4) is 0 Å². The van der Waals surface area contributed by atoms with Gasteiger partial charge in [-0.15, -0.1) is 0 Å². The van der Waals surface area contributed by atoms with Gasteiger partial charge in [-0.1, -0.05) is 20.3 Å². The van der Waals surface area contributed by atoms with Crippen LogP contribution in [0.5, 0.6) is 0 Å². The molecule has 0 saturated carbocycles. The van der Waals surface area contributed by atoms with Crippen molar-refractivity contribution in [3.05, 3.63) is 0 Å². The van der Waals surface area contributed by atoms with E-state index in [2.05, 4.69) is 19.3 Å². The Bertz CT molecular complexity index is 146. The molecule has 14 heavy (non-hydrogen) atoms. The van der Waals surface area contributed by atoms with Crippen molar-refractivity contribution in [1.29, 1.82) is 0 Å². The van der Waals surface area contributed by atoms with Crippen LogP contribution in [-0.2, 0) is 4.74 Å². The van der Waals surface area contributed by atoms with Gasteiger partial charge in [0.05, 0.1) is 6.10 Å². The van der Waals surface area contributed by atoms with Gasteiger partial charge >= 0.3 is 0 Å². The van der Waals surface area contributed by atoms with Gasteiger partial charge < -0.3 is 4.74 Å². The normalized spacial score (nSPS) is 26.4. The molecule has 1 heterocycles. The second-order valence-corrected chi connectivity index (χ2v) is 4.48. The van der Waals surface area contributed by atoms with Crippen LogP contribution < -0.4 is 11.3 Å². The summed E-state index contributed by atoms with van der Waals surface area (Å²) in [7, 11) is 0. The van der Waals surface area contributed by atoms with E-state index in [0.29, 0.717) is 12.1 Å². The molecule has 3 atom stereocenters.